The predicted octanol–water partition coefficient (Wildman–Crippen LogP) is 3.87. The molecule has 0 saturated carbocycles. The molecular formula is C11H18. The minimum Gasteiger partial charge on any atom is -0.0988 e. The molecule has 0 N–H and O–H groups in total. The van der Waals surface area contributed by atoms with Gasteiger partial charge in [-0.15, -0.1) is 0 Å². The van der Waals surface area contributed by atoms with E-state index in [9.17, 15) is 0 Å². The van der Waals surface area contributed by atoms with Crippen LogP contribution in [0.3, 0.4) is 0 Å². The van der Waals surface area contributed by atoms with E-state index < -0.39 is 0 Å². The van der Waals surface area contributed by atoms with Gasteiger partial charge in [-0.2, -0.15) is 0 Å². The molecule has 11 heavy (non-hydrogen) atoms. The van der Waals surface area contributed by atoms with Gasteiger partial charge in [-0.3, -0.25) is 0 Å². The summed E-state index contributed by atoms with van der Waals surface area (Å²) in [7, 11) is 0. The molecule has 0 nitrogen and oxygen atoms in total. The molecule has 0 unspecified atom stereocenters. The highest BCUT2D eigenvalue weighted by atomic mass is 14.0. The molecule has 0 aromatic heterocycles. The zero-order valence-corrected chi connectivity index (χ0v) is 7.69. The fourth-order valence-corrected chi connectivity index (χ4v) is 0.959. The first-order valence-corrected chi connectivity index (χ1v) is 4.20. The molecule has 0 aromatic carbocycles. The van der Waals surface area contributed by atoms with Crippen molar-refractivity contribution in [1.29, 1.82) is 0 Å². The number of allylic oxidation sites excluding steroid dienone is 4. The normalized spacial score (nSPS) is 12.2. The minimum absolute atomic E-state index is 1.14. The quantitative estimate of drug-likeness (QED) is 0.522. The first kappa shape index (κ1) is 10.2. The summed E-state index contributed by atoms with van der Waals surface area (Å²) in [4.78, 5) is 0. The molecule has 0 aliphatic heterocycles. The van der Waals surface area contributed by atoms with Crippen LogP contribution in [0.25, 0.3) is 0 Å². The summed E-state index contributed by atoms with van der Waals surface area (Å²) in [6, 6.07) is 0. The molecule has 0 saturated heterocycles. The van der Waals surface area contributed by atoms with Crippen molar-refractivity contribution in [2.45, 2.75) is 33.1 Å². The Balaban J connectivity index is 4.14. The first-order valence-electron chi connectivity index (χ1n) is 4.20. The summed E-state index contributed by atoms with van der Waals surface area (Å²) < 4.78 is 0. The van der Waals surface area contributed by atoms with Crippen LogP contribution in [0.5, 0.6) is 0 Å². The highest BCUT2D eigenvalue weighted by Gasteiger charge is 1.93. The Morgan fingerprint density at radius 3 is 2.27 bits per heavy atom. The third-order valence-electron chi connectivity index (χ3n) is 1.86. The summed E-state index contributed by atoms with van der Waals surface area (Å²) in [5.74, 6) is 0. The Bertz CT molecular complexity index is 161. The average molecular weight is 150 g/mol. The smallest absolute Gasteiger partial charge is 0.0277 e. The van der Waals surface area contributed by atoms with Crippen LogP contribution in [0, 0.1) is 0 Å². The van der Waals surface area contributed by atoms with Crippen molar-refractivity contribution in [3.63, 3.8) is 0 Å². The molecule has 0 aliphatic carbocycles. The molecule has 0 rings (SSSR count). The summed E-state index contributed by atoms with van der Waals surface area (Å²) in [6.45, 7) is 11.8. The maximum Gasteiger partial charge on any atom is -0.0277 e. The van der Waals surface area contributed by atoms with Crippen LogP contribution in [0.4, 0.5) is 0 Å². The van der Waals surface area contributed by atoms with E-state index in [2.05, 4.69) is 27.0 Å². The molecule has 0 aliphatic rings. The van der Waals surface area contributed by atoms with E-state index in [1.807, 2.05) is 12.2 Å². The summed E-state index contributed by atoms with van der Waals surface area (Å²) in [5, 5.41) is 0. The molecular weight excluding hydrogens is 132 g/mol. The van der Waals surface area contributed by atoms with Gasteiger partial charge in [0.1, 0.15) is 0 Å². The lowest BCUT2D eigenvalue weighted by Crippen LogP contribution is -1.82. The Morgan fingerprint density at radius 2 is 1.91 bits per heavy atom. The van der Waals surface area contributed by atoms with Gasteiger partial charge in [-0.05, 0) is 30.9 Å². The number of rotatable bonds is 5. The molecule has 62 valence electrons. The van der Waals surface area contributed by atoms with Crippen LogP contribution in [0.2, 0.25) is 0 Å². The van der Waals surface area contributed by atoms with Gasteiger partial charge >= 0.3 is 0 Å². The van der Waals surface area contributed by atoms with Crippen LogP contribution >= 0.6 is 0 Å². The monoisotopic (exact) mass is 150 g/mol. The Labute approximate surface area is 70.3 Å². The van der Waals surface area contributed by atoms with Gasteiger partial charge in [-0.25, -0.2) is 0 Å². The molecule has 0 fully saturated rings. The van der Waals surface area contributed by atoms with Crippen LogP contribution in [-0.2, 0) is 0 Å². The van der Waals surface area contributed by atoms with Crippen LogP contribution in [-0.4, -0.2) is 0 Å². The van der Waals surface area contributed by atoms with E-state index >= 15 is 0 Å². The first-order chi connectivity index (χ1) is 5.26. The van der Waals surface area contributed by atoms with Gasteiger partial charge in [0.05, 0.1) is 0 Å². The van der Waals surface area contributed by atoms with Gasteiger partial charge < -0.3 is 0 Å². The molecule has 0 spiro atoms. The number of hydrogen-bond donors (Lipinski definition) is 0. The van der Waals surface area contributed by atoms with Crippen molar-refractivity contribution >= 4 is 0 Å². The Morgan fingerprint density at radius 1 is 1.27 bits per heavy atom. The lowest BCUT2D eigenvalue weighted by molar-refractivity contribution is 0.794. The fraction of sp³-hybridized carbons (Fsp3) is 0.455. The summed E-state index contributed by atoms with van der Waals surface area (Å²) in [5.41, 5.74) is 2.59. The zero-order chi connectivity index (χ0) is 8.69. The minimum atomic E-state index is 1.14. The fourth-order valence-electron chi connectivity index (χ4n) is 0.959. The second-order valence-corrected chi connectivity index (χ2v) is 2.72. The topological polar surface area (TPSA) is 0 Å². The molecule has 0 heterocycles. The van der Waals surface area contributed by atoms with Crippen molar-refractivity contribution < 1.29 is 0 Å². The van der Waals surface area contributed by atoms with Gasteiger partial charge in [0.15, 0.2) is 0 Å². The predicted molar refractivity (Wildman–Crippen MR) is 52.6 cm³/mol. The van der Waals surface area contributed by atoms with Crippen LogP contribution in [0.15, 0.2) is 36.5 Å². The summed E-state index contributed by atoms with van der Waals surface area (Å²) >= 11 is 0. The van der Waals surface area contributed by atoms with Crippen molar-refractivity contribution in [1.82, 2.24) is 0 Å². The van der Waals surface area contributed by atoms with E-state index in [4.69, 9.17) is 0 Å². The summed E-state index contributed by atoms with van der Waals surface area (Å²) in [6.07, 6.45) is 7.45. The second kappa shape index (κ2) is 5.96. The number of hydrogen-bond acceptors (Lipinski definition) is 0. The van der Waals surface area contributed by atoms with Crippen LogP contribution < -0.4 is 0 Å². The van der Waals surface area contributed by atoms with E-state index in [1.54, 1.807) is 0 Å². The van der Waals surface area contributed by atoms with Crippen molar-refractivity contribution in [3.05, 3.63) is 36.5 Å². The highest BCUT2D eigenvalue weighted by Crippen LogP contribution is 2.13. The Kier molecular flexibility index (Phi) is 5.54. The third-order valence-corrected chi connectivity index (χ3v) is 1.86. The van der Waals surface area contributed by atoms with Crippen molar-refractivity contribution in [2.24, 2.45) is 0 Å². The van der Waals surface area contributed by atoms with E-state index in [1.165, 1.54) is 24.0 Å². The van der Waals surface area contributed by atoms with E-state index in [-0.39, 0.29) is 0 Å². The molecule has 0 aromatic rings. The van der Waals surface area contributed by atoms with Gasteiger partial charge in [0.25, 0.3) is 0 Å². The lowest BCUT2D eigenvalue weighted by Gasteiger charge is -2.02. The molecule has 0 bridgehead atoms. The third kappa shape index (κ3) is 3.82. The maximum atomic E-state index is 3.78. The number of unbranched alkanes of at least 4 members (excludes halogenated alkanes) is 1. The average Bonchev–Trinajstić information content (AvgIpc) is 2.05. The molecule has 0 atom stereocenters. The standard InChI is InChI=1S/C11H18/c1-5-8-9-11(7-3)10(4)6-2/h6-7H,2-3,5,8-9H2,1,4H3/b11-10+. The van der Waals surface area contributed by atoms with Crippen molar-refractivity contribution in [2.75, 3.05) is 0 Å². The highest BCUT2D eigenvalue weighted by molar-refractivity contribution is 5.29. The van der Waals surface area contributed by atoms with Gasteiger partial charge in [0.2, 0.25) is 0 Å². The Hall–Kier alpha value is -0.780. The second-order valence-electron chi connectivity index (χ2n) is 2.72. The van der Waals surface area contributed by atoms with Crippen molar-refractivity contribution in [3.8, 4) is 0 Å². The van der Waals surface area contributed by atoms with E-state index in [0.29, 0.717) is 0 Å². The zero-order valence-electron chi connectivity index (χ0n) is 7.69. The molecule has 0 amide bonds. The largest absolute Gasteiger partial charge is 0.0988 e. The van der Waals surface area contributed by atoms with E-state index in [0.717, 1.165) is 6.42 Å². The van der Waals surface area contributed by atoms with Crippen LogP contribution in [0.1, 0.15) is 33.1 Å². The molecule has 0 heteroatoms. The van der Waals surface area contributed by atoms with Gasteiger partial charge in [-0.1, -0.05) is 38.7 Å². The SMILES string of the molecule is C=C/C(C)=C(\C=C)CCCC. The van der Waals surface area contributed by atoms with Gasteiger partial charge in [0, 0.05) is 0 Å². The molecule has 0 radical (unpaired) electrons. The maximum absolute atomic E-state index is 3.78. The lowest BCUT2D eigenvalue weighted by atomic mass is 10.0.